The Balaban J connectivity index is 1.61. The zero-order valence-corrected chi connectivity index (χ0v) is 24.5. The number of carbonyl (C=O) groups is 4. The maximum atomic E-state index is 13.5. The minimum atomic E-state index is -0.791. The van der Waals surface area contributed by atoms with Crippen molar-refractivity contribution in [2.24, 2.45) is 0 Å². The summed E-state index contributed by atoms with van der Waals surface area (Å²) in [5, 5.41) is 20.8. The summed E-state index contributed by atoms with van der Waals surface area (Å²) < 4.78 is 16.6. The maximum Gasteiger partial charge on any atom is 0.343 e. The third kappa shape index (κ3) is 6.84. The fourth-order valence-corrected chi connectivity index (χ4v) is 4.61. The fourth-order valence-electron chi connectivity index (χ4n) is 4.61. The molecule has 0 aliphatic carbocycles. The highest BCUT2D eigenvalue weighted by atomic mass is 16.6. The predicted octanol–water partition coefficient (Wildman–Crippen LogP) is 5.58. The van der Waals surface area contributed by atoms with Gasteiger partial charge in [0, 0.05) is 34.8 Å². The molecule has 0 bridgehead atoms. The van der Waals surface area contributed by atoms with Crippen LogP contribution in [0.4, 0.5) is 5.69 Å². The van der Waals surface area contributed by atoms with Crippen LogP contribution < -0.4 is 4.74 Å². The van der Waals surface area contributed by atoms with E-state index in [4.69, 9.17) is 14.2 Å². The third-order valence-corrected chi connectivity index (χ3v) is 6.75. The van der Waals surface area contributed by atoms with Crippen LogP contribution in [-0.2, 0) is 9.47 Å². The van der Waals surface area contributed by atoms with E-state index in [0.29, 0.717) is 22.6 Å². The molecule has 45 heavy (non-hydrogen) atoms. The van der Waals surface area contributed by atoms with Crippen LogP contribution in [0.25, 0.3) is 11.8 Å². The number of nitrogens with zero attached hydrogens (tertiary/aromatic N) is 3. The highest BCUT2D eigenvalue weighted by Crippen LogP contribution is 2.26. The van der Waals surface area contributed by atoms with Crippen molar-refractivity contribution in [1.29, 1.82) is 5.26 Å². The van der Waals surface area contributed by atoms with Gasteiger partial charge in [-0.25, -0.2) is 14.4 Å². The summed E-state index contributed by atoms with van der Waals surface area (Å²) in [6.07, 6.45) is 1.38. The Bertz CT molecular complexity index is 1900. The molecule has 0 saturated carbocycles. The molecule has 3 aromatic carbocycles. The number of aryl methyl sites for hydroxylation is 1. The predicted molar refractivity (Wildman–Crippen MR) is 160 cm³/mol. The lowest BCUT2D eigenvalue weighted by molar-refractivity contribution is -0.384. The molecule has 0 saturated heterocycles. The smallest absolute Gasteiger partial charge is 0.343 e. The lowest BCUT2D eigenvalue weighted by atomic mass is 10.0. The maximum absolute atomic E-state index is 13.5. The normalized spacial score (nSPS) is 10.9. The Kier molecular flexibility index (Phi) is 9.34. The van der Waals surface area contributed by atoms with Gasteiger partial charge in [0.1, 0.15) is 17.4 Å². The van der Waals surface area contributed by atoms with E-state index >= 15 is 0 Å². The van der Waals surface area contributed by atoms with E-state index in [1.165, 1.54) is 81.0 Å². The number of nitro benzene ring substituents is 1. The molecule has 1 aromatic heterocycles. The van der Waals surface area contributed by atoms with E-state index in [2.05, 4.69) is 0 Å². The van der Waals surface area contributed by atoms with Gasteiger partial charge in [0.05, 0.1) is 35.8 Å². The minimum absolute atomic E-state index is 0.00155. The molecule has 226 valence electrons. The summed E-state index contributed by atoms with van der Waals surface area (Å²) in [4.78, 5) is 60.9. The number of Topliss-reactive ketones (excluding diaryl/α,β-unsaturated/α-hetero) is 1. The second-order valence-electron chi connectivity index (χ2n) is 9.64. The topological polar surface area (TPSA) is 168 Å². The summed E-state index contributed by atoms with van der Waals surface area (Å²) in [6.45, 7) is 3.40. The number of hydrogen-bond donors (Lipinski definition) is 0. The van der Waals surface area contributed by atoms with Crippen molar-refractivity contribution < 1.29 is 38.3 Å². The van der Waals surface area contributed by atoms with Crippen molar-refractivity contribution in [2.75, 3.05) is 14.2 Å². The van der Waals surface area contributed by atoms with Gasteiger partial charge in [0.15, 0.2) is 0 Å². The second-order valence-corrected chi connectivity index (χ2v) is 9.64. The van der Waals surface area contributed by atoms with Gasteiger partial charge in [-0.15, -0.1) is 0 Å². The highest BCUT2D eigenvalue weighted by molar-refractivity contribution is 6.15. The minimum Gasteiger partial charge on any atom is -0.465 e. The average Bonchev–Trinajstić information content (AvgIpc) is 3.35. The molecule has 12 nitrogen and oxygen atoms in total. The highest BCUT2D eigenvalue weighted by Gasteiger charge is 2.22. The zero-order chi connectivity index (χ0) is 32.8. The molecule has 0 unspecified atom stereocenters. The number of benzene rings is 3. The van der Waals surface area contributed by atoms with Crippen LogP contribution >= 0.6 is 0 Å². The van der Waals surface area contributed by atoms with Crippen LogP contribution in [0, 0.1) is 35.3 Å². The van der Waals surface area contributed by atoms with Crippen LogP contribution in [0.15, 0.2) is 78.4 Å². The van der Waals surface area contributed by atoms with Gasteiger partial charge < -0.3 is 18.8 Å². The van der Waals surface area contributed by atoms with Gasteiger partial charge in [0.25, 0.3) is 5.69 Å². The first-order valence-electron chi connectivity index (χ1n) is 13.2. The average molecular weight is 608 g/mol. The zero-order valence-electron chi connectivity index (χ0n) is 24.5. The standard InChI is InChI=1S/C33H25N3O9/c1-19-12-29(20(2)35(19)27-16-23(31(38)43-3)14-24(17-27)32(39)44-4)30(37)25(18-34)13-21-8-10-28(11-9-21)45-33(40)22-6-5-7-26(15-22)36(41)42/h5-17H,1-4H3/b25-13-. The molecule has 0 spiro atoms. The largest absolute Gasteiger partial charge is 0.465 e. The molecule has 0 fully saturated rings. The van der Waals surface area contributed by atoms with E-state index in [1.807, 2.05) is 6.07 Å². The third-order valence-electron chi connectivity index (χ3n) is 6.75. The molecule has 0 amide bonds. The molecule has 4 rings (SSSR count). The first-order valence-corrected chi connectivity index (χ1v) is 13.2. The lowest BCUT2D eigenvalue weighted by Crippen LogP contribution is -2.10. The Labute approximate surface area is 256 Å². The summed E-state index contributed by atoms with van der Waals surface area (Å²) in [5.41, 5.74) is 1.95. The number of hydrogen-bond acceptors (Lipinski definition) is 10. The molecule has 1 heterocycles. The molecular formula is C33H25N3O9. The molecule has 12 heteroatoms. The lowest BCUT2D eigenvalue weighted by Gasteiger charge is -2.13. The first-order chi connectivity index (χ1) is 21.5. The van der Waals surface area contributed by atoms with E-state index in [1.54, 1.807) is 24.5 Å². The van der Waals surface area contributed by atoms with Crippen LogP contribution in [0.5, 0.6) is 5.75 Å². The quantitative estimate of drug-likeness (QED) is 0.0445. The number of esters is 3. The van der Waals surface area contributed by atoms with Gasteiger partial charge >= 0.3 is 17.9 Å². The fraction of sp³-hybridized carbons (Fsp3) is 0.121. The van der Waals surface area contributed by atoms with Crippen LogP contribution in [-0.4, -0.2) is 47.4 Å². The van der Waals surface area contributed by atoms with Crippen LogP contribution in [0.3, 0.4) is 0 Å². The second kappa shape index (κ2) is 13.3. The number of rotatable bonds is 9. The van der Waals surface area contributed by atoms with E-state index in [-0.39, 0.29) is 39.3 Å². The van der Waals surface area contributed by atoms with Crippen molar-refractivity contribution in [3.05, 3.63) is 128 Å². The number of ether oxygens (including phenoxy) is 3. The number of aromatic nitrogens is 1. The van der Waals surface area contributed by atoms with Crippen LogP contribution in [0.2, 0.25) is 0 Å². The van der Waals surface area contributed by atoms with Gasteiger partial charge in [-0.05, 0) is 68.0 Å². The van der Waals surface area contributed by atoms with E-state index in [9.17, 15) is 34.6 Å². The summed E-state index contributed by atoms with van der Waals surface area (Å²) >= 11 is 0. The Morgan fingerprint density at radius 2 is 1.47 bits per heavy atom. The number of non-ortho nitro benzene ring substituents is 1. The molecule has 0 aliphatic rings. The summed E-state index contributed by atoms with van der Waals surface area (Å²) in [7, 11) is 2.43. The summed E-state index contributed by atoms with van der Waals surface area (Å²) in [6, 6.07) is 19.0. The molecule has 0 N–H and O–H groups in total. The molecular weight excluding hydrogens is 582 g/mol. The van der Waals surface area contributed by atoms with Crippen molar-refractivity contribution >= 4 is 35.5 Å². The van der Waals surface area contributed by atoms with Crippen molar-refractivity contribution in [3.8, 4) is 17.5 Å². The van der Waals surface area contributed by atoms with Crippen molar-refractivity contribution in [3.63, 3.8) is 0 Å². The van der Waals surface area contributed by atoms with Gasteiger partial charge in [-0.1, -0.05) is 18.2 Å². The first kappa shape index (κ1) is 31.6. The SMILES string of the molecule is COC(=O)c1cc(C(=O)OC)cc(-n2c(C)cc(C(=O)/C(C#N)=C\c3ccc(OC(=O)c4cccc([N+](=O)[O-])c4)cc3)c2C)c1. The Hall–Kier alpha value is -6.35. The number of ketones is 1. The number of methoxy groups -OCH3 is 2. The number of allylic oxidation sites excluding steroid dienone is 1. The monoisotopic (exact) mass is 607 g/mol. The Morgan fingerprint density at radius 3 is 2.02 bits per heavy atom. The summed E-state index contributed by atoms with van der Waals surface area (Å²) in [5.74, 6) is -2.53. The number of nitro groups is 1. The molecule has 0 radical (unpaired) electrons. The van der Waals surface area contributed by atoms with E-state index < -0.39 is 28.6 Å². The molecule has 0 atom stereocenters. The van der Waals surface area contributed by atoms with Gasteiger partial charge in [0.2, 0.25) is 5.78 Å². The van der Waals surface area contributed by atoms with Crippen LogP contribution in [0.1, 0.15) is 58.4 Å². The van der Waals surface area contributed by atoms with Crippen molar-refractivity contribution in [2.45, 2.75) is 13.8 Å². The number of carbonyl (C=O) groups excluding carboxylic acids is 4. The number of nitriles is 1. The van der Waals surface area contributed by atoms with E-state index in [0.717, 1.165) is 6.07 Å². The van der Waals surface area contributed by atoms with Gasteiger partial charge in [-0.3, -0.25) is 14.9 Å². The molecule has 4 aromatic rings. The Morgan fingerprint density at radius 1 is 0.844 bits per heavy atom. The molecule has 0 aliphatic heterocycles. The van der Waals surface area contributed by atoms with Crippen molar-refractivity contribution in [1.82, 2.24) is 4.57 Å². The van der Waals surface area contributed by atoms with Gasteiger partial charge in [-0.2, -0.15) is 5.26 Å².